The van der Waals surface area contributed by atoms with Crippen molar-refractivity contribution in [1.29, 1.82) is 0 Å². The van der Waals surface area contributed by atoms with Crippen molar-refractivity contribution in [2.45, 2.75) is 45.2 Å². The van der Waals surface area contributed by atoms with E-state index in [1.807, 2.05) is 56.3 Å². The fraction of sp³-hybridized carbons (Fsp3) is 0.368. The average molecular weight is 310 g/mol. The van der Waals surface area contributed by atoms with Crippen molar-refractivity contribution < 1.29 is 9.59 Å². The molecule has 1 heterocycles. The van der Waals surface area contributed by atoms with Gasteiger partial charge in [-0.1, -0.05) is 30.3 Å². The Kier molecular flexibility index (Phi) is 4.33. The zero-order chi connectivity index (χ0) is 16.4. The normalized spacial score (nSPS) is 21.2. The van der Waals surface area contributed by atoms with Crippen LogP contribution in [0.5, 0.6) is 0 Å². The number of hydrogen-bond donors (Lipinski definition) is 1. The van der Waals surface area contributed by atoms with Crippen molar-refractivity contribution in [3.05, 3.63) is 42.5 Å². The maximum absolute atomic E-state index is 12.5. The summed E-state index contributed by atoms with van der Waals surface area (Å²) in [5, 5.41) is 4.89. The molecule has 1 aliphatic rings. The average Bonchev–Trinajstić information content (AvgIpc) is 2.54. The number of hydrogen-bond acceptors (Lipinski definition) is 2. The van der Waals surface area contributed by atoms with Crippen LogP contribution in [0.2, 0.25) is 0 Å². The monoisotopic (exact) mass is 310 g/mol. The first-order chi connectivity index (χ1) is 11.1. The molecule has 120 valence electrons. The first kappa shape index (κ1) is 15.5. The van der Waals surface area contributed by atoms with Crippen LogP contribution in [-0.2, 0) is 9.59 Å². The highest BCUT2D eigenvalue weighted by atomic mass is 16.2. The van der Waals surface area contributed by atoms with E-state index >= 15 is 0 Å². The number of piperidine rings is 1. The number of carbonyl (C=O) groups is 2. The van der Waals surface area contributed by atoms with Gasteiger partial charge in [0.25, 0.3) is 0 Å². The van der Waals surface area contributed by atoms with E-state index in [1.165, 1.54) is 0 Å². The van der Waals surface area contributed by atoms with Crippen molar-refractivity contribution in [2.75, 3.05) is 5.32 Å². The van der Waals surface area contributed by atoms with E-state index in [0.717, 1.165) is 30.0 Å². The van der Waals surface area contributed by atoms with Crippen LogP contribution in [0, 0.1) is 0 Å². The van der Waals surface area contributed by atoms with Crippen LogP contribution in [0.3, 0.4) is 0 Å². The summed E-state index contributed by atoms with van der Waals surface area (Å²) >= 11 is 0. The molecular weight excluding hydrogens is 288 g/mol. The van der Waals surface area contributed by atoms with E-state index in [0.29, 0.717) is 5.69 Å². The lowest BCUT2D eigenvalue weighted by molar-refractivity contribution is -0.147. The van der Waals surface area contributed by atoms with Gasteiger partial charge in [0.05, 0.1) is 0 Å². The van der Waals surface area contributed by atoms with Gasteiger partial charge in [-0.3, -0.25) is 9.59 Å². The third-order valence-electron chi connectivity index (χ3n) is 4.63. The lowest BCUT2D eigenvalue weighted by Crippen LogP contribution is -2.51. The van der Waals surface area contributed by atoms with Gasteiger partial charge in [-0.25, -0.2) is 0 Å². The maximum Gasteiger partial charge on any atom is 0.313 e. The van der Waals surface area contributed by atoms with Gasteiger partial charge in [0.15, 0.2) is 0 Å². The third-order valence-corrected chi connectivity index (χ3v) is 4.63. The van der Waals surface area contributed by atoms with Crippen molar-refractivity contribution in [3.8, 4) is 0 Å². The predicted octanol–water partition coefficient (Wildman–Crippen LogP) is 3.57. The van der Waals surface area contributed by atoms with Gasteiger partial charge < -0.3 is 10.2 Å². The molecule has 1 fully saturated rings. The van der Waals surface area contributed by atoms with Gasteiger partial charge in [-0.2, -0.15) is 0 Å². The molecule has 0 spiro atoms. The van der Waals surface area contributed by atoms with Crippen molar-refractivity contribution in [1.82, 2.24) is 4.90 Å². The molecule has 1 saturated heterocycles. The molecule has 0 aliphatic carbocycles. The minimum atomic E-state index is -0.555. The molecule has 2 atom stereocenters. The number of benzene rings is 2. The Bertz CT molecular complexity index is 731. The summed E-state index contributed by atoms with van der Waals surface area (Å²) in [4.78, 5) is 26.6. The van der Waals surface area contributed by atoms with E-state index in [-0.39, 0.29) is 12.1 Å². The molecule has 2 amide bonds. The molecule has 0 saturated carbocycles. The molecule has 4 nitrogen and oxygen atoms in total. The van der Waals surface area contributed by atoms with Crippen molar-refractivity contribution >= 4 is 28.3 Å². The number of anilines is 1. The Balaban J connectivity index is 1.75. The van der Waals surface area contributed by atoms with Crippen molar-refractivity contribution in [3.63, 3.8) is 0 Å². The summed E-state index contributed by atoms with van der Waals surface area (Å²) in [6.45, 7) is 4.02. The zero-order valence-corrected chi connectivity index (χ0v) is 13.6. The molecule has 0 bridgehead atoms. The van der Waals surface area contributed by atoms with Gasteiger partial charge in [-0.05, 0) is 56.0 Å². The zero-order valence-electron chi connectivity index (χ0n) is 13.6. The van der Waals surface area contributed by atoms with Gasteiger partial charge >= 0.3 is 11.8 Å². The first-order valence-corrected chi connectivity index (χ1v) is 8.18. The standard InChI is InChI=1S/C19H22N2O2/c1-13-6-5-7-14(2)21(13)19(23)18(22)20-17-11-10-15-8-3-4-9-16(15)12-17/h3-4,8-14H,5-7H2,1-2H3,(H,20,22). The van der Waals surface area contributed by atoms with Crippen LogP contribution in [0.1, 0.15) is 33.1 Å². The van der Waals surface area contributed by atoms with Crippen molar-refractivity contribution in [2.24, 2.45) is 0 Å². The molecule has 2 aromatic rings. The van der Waals surface area contributed by atoms with Crippen LogP contribution < -0.4 is 5.32 Å². The summed E-state index contributed by atoms with van der Waals surface area (Å²) < 4.78 is 0. The Hall–Kier alpha value is -2.36. The molecule has 23 heavy (non-hydrogen) atoms. The molecule has 1 N–H and O–H groups in total. The van der Waals surface area contributed by atoms with E-state index in [1.54, 1.807) is 4.90 Å². The summed E-state index contributed by atoms with van der Waals surface area (Å²) in [5.74, 6) is -0.987. The number of amides is 2. The molecule has 2 aromatic carbocycles. The summed E-state index contributed by atoms with van der Waals surface area (Å²) in [6.07, 6.45) is 3.02. The minimum Gasteiger partial charge on any atom is -0.329 e. The minimum absolute atomic E-state index is 0.119. The molecule has 2 unspecified atom stereocenters. The second-order valence-corrected chi connectivity index (χ2v) is 6.36. The van der Waals surface area contributed by atoms with Crippen LogP contribution in [0.15, 0.2) is 42.5 Å². The summed E-state index contributed by atoms with van der Waals surface area (Å²) in [7, 11) is 0. The highest BCUT2D eigenvalue weighted by Gasteiger charge is 2.32. The van der Waals surface area contributed by atoms with Crippen LogP contribution >= 0.6 is 0 Å². The number of nitrogens with one attached hydrogen (secondary N) is 1. The Labute approximate surface area is 136 Å². The number of rotatable bonds is 1. The molecule has 3 rings (SSSR count). The Morgan fingerprint density at radius 3 is 2.35 bits per heavy atom. The van der Waals surface area contributed by atoms with Crippen LogP contribution in [0.4, 0.5) is 5.69 Å². The number of likely N-dealkylation sites (tertiary alicyclic amines) is 1. The number of nitrogens with zero attached hydrogens (tertiary/aromatic N) is 1. The lowest BCUT2D eigenvalue weighted by atomic mass is 9.97. The highest BCUT2D eigenvalue weighted by Crippen LogP contribution is 2.23. The fourth-order valence-corrected chi connectivity index (χ4v) is 3.39. The quantitative estimate of drug-likeness (QED) is 0.819. The first-order valence-electron chi connectivity index (χ1n) is 8.18. The van der Waals surface area contributed by atoms with E-state index in [2.05, 4.69) is 5.32 Å². The molecular formula is C19H22N2O2. The predicted molar refractivity (Wildman–Crippen MR) is 92.2 cm³/mol. The third kappa shape index (κ3) is 3.21. The Morgan fingerprint density at radius 2 is 1.65 bits per heavy atom. The van der Waals surface area contributed by atoms with Crippen LogP contribution in [-0.4, -0.2) is 28.8 Å². The van der Waals surface area contributed by atoms with Gasteiger partial charge in [0, 0.05) is 17.8 Å². The molecule has 1 aliphatic heterocycles. The van der Waals surface area contributed by atoms with E-state index < -0.39 is 11.8 Å². The van der Waals surface area contributed by atoms with Crippen LogP contribution in [0.25, 0.3) is 10.8 Å². The second-order valence-electron chi connectivity index (χ2n) is 6.36. The maximum atomic E-state index is 12.5. The van der Waals surface area contributed by atoms with Gasteiger partial charge in [0.2, 0.25) is 0 Å². The van der Waals surface area contributed by atoms with E-state index in [9.17, 15) is 9.59 Å². The Morgan fingerprint density at radius 1 is 1.00 bits per heavy atom. The molecule has 0 radical (unpaired) electrons. The SMILES string of the molecule is CC1CCCC(C)N1C(=O)C(=O)Nc1ccc2ccccc2c1. The largest absolute Gasteiger partial charge is 0.329 e. The summed E-state index contributed by atoms with van der Waals surface area (Å²) in [5.41, 5.74) is 0.652. The second kappa shape index (κ2) is 6.41. The lowest BCUT2D eigenvalue weighted by Gasteiger charge is -2.38. The highest BCUT2D eigenvalue weighted by molar-refractivity contribution is 6.39. The number of fused-ring (bicyclic) bond motifs is 1. The van der Waals surface area contributed by atoms with Gasteiger partial charge in [-0.15, -0.1) is 0 Å². The fourth-order valence-electron chi connectivity index (χ4n) is 3.39. The summed E-state index contributed by atoms with van der Waals surface area (Å²) in [6, 6.07) is 13.8. The number of carbonyl (C=O) groups excluding carboxylic acids is 2. The van der Waals surface area contributed by atoms with Gasteiger partial charge in [0.1, 0.15) is 0 Å². The molecule has 0 aromatic heterocycles. The molecule has 4 heteroatoms. The smallest absolute Gasteiger partial charge is 0.313 e. The topological polar surface area (TPSA) is 49.4 Å². The van der Waals surface area contributed by atoms with E-state index in [4.69, 9.17) is 0 Å².